The van der Waals surface area contributed by atoms with Gasteiger partial charge in [-0.2, -0.15) is 0 Å². The Morgan fingerprint density at radius 3 is 2.34 bits per heavy atom. The van der Waals surface area contributed by atoms with E-state index >= 15 is 0 Å². The third kappa shape index (κ3) is 5.73. The number of H-pyrrole nitrogens is 1. The van der Waals surface area contributed by atoms with Gasteiger partial charge in [0.25, 0.3) is 5.56 Å². The minimum absolute atomic E-state index is 0.0474. The second kappa shape index (κ2) is 9.95. The predicted molar refractivity (Wildman–Crippen MR) is 110 cm³/mol. The van der Waals surface area contributed by atoms with Crippen molar-refractivity contribution in [2.45, 2.75) is 0 Å². The van der Waals surface area contributed by atoms with Crippen LogP contribution in [0.2, 0.25) is 0 Å². The van der Waals surface area contributed by atoms with Crippen molar-refractivity contribution in [3.8, 4) is 28.9 Å². The molecule has 2 heterocycles. The number of carbonyl (C=O) groups is 1. The van der Waals surface area contributed by atoms with E-state index in [-0.39, 0.29) is 5.82 Å². The molecule has 0 aliphatic heterocycles. The maximum absolute atomic E-state index is 13.8. The second-order valence-corrected chi connectivity index (χ2v) is 6.23. The molecular weight excluding hydrogens is 423 g/mol. The summed E-state index contributed by atoms with van der Waals surface area (Å²) in [5.41, 5.74) is 0.729. The van der Waals surface area contributed by atoms with Gasteiger partial charge in [0, 0.05) is 29.3 Å². The van der Waals surface area contributed by atoms with Crippen LogP contribution in [0.25, 0.3) is 17.1 Å². The van der Waals surface area contributed by atoms with Gasteiger partial charge in [-0.05, 0) is 42.5 Å². The lowest BCUT2D eigenvalue weighted by Gasteiger charge is -2.08. The van der Waals surface area contributed by atoms with E-state index in [2.05, 4.69) is 16.0 Å². The Labute approximate surface area is 179 Å². The molecule has 0 saturated heterocycles. The molecule has 32 heavy (non-hydrogen) atoms. The number of hydrogen-bond acceptors (Lipinski definition) is 3. The summed E-state index contributed by atoms with van der Waals surface area (Å²) in [6.45, 7) is 0. The molecule has 0 unspecified atom stereocenters. The van der Waals surface area contributed by atoms with Crippen molar-refractivity contribution < 1.29 is 23.1 Å². The van der Waals surface area contributed by atoms with Crippen molar-refractivity contribution >= 4 is 5.97 Å². The minimum atomic E-state index is -1.22. The van der Waals surface area contributed by atoms with E-state index < -0.39 is 29.0 Å². The van der Waals surface area contributed by atoms with Crippen molar-refractivity contribution in [3.63, 3.8) is 0 Å². The first-order valence-electron chi connectivity index (χ1n) is 9.03. The highest BCUT2D eigenvalue weighted by Crippen LogP contribution is 2.21. The Bertz CT molecular complexity index is 1380. The summed E-state index contributed by atoms with van der Waals surface area (Å²) >= 11 is 0. The number of aromatic amines is 1. The molecule has 2 aromatic heterocycles. The molecule has 0 atom stereocenters. The standard InChI is InChI=1S/C14H9F2N3O.C9H5FO2/c15-10-4-1-3-9(7-10)12-8-13(20)18-19(12)14-11(16)5-2-6-17-14;10-8-3-1-2-7(6-8)4-5-9(11)12/h1-8H,(H,18,20);1-3,6H,(H,11,12). The monoisotopic (exact) mass is 437 g/mol. The van der Waals surface area contributed by atoms with Crippen LogP contribution in [-0.4, -0.2) is 25.8 Å². The summed E-state index contributed by atoms with van der Waals surface area (Å²) in [7, 11) is 0. The fourth-order valence-electron chi connectivity index (χ4n) is 2.65. The van der Waals surface area contributed by atoms with Gasteiger partial charge in [0.1, 0.15) is 11.6 Å². The maximum Gasteiger partial charge on any atom is 0.382 e. The van der Waals surface area contributed by atoms with Crippen LogP contribution in [0.3, 0.4) is 0 Å². The van der Waals surface area contributed by atoms with Gasteiger partial charge in [-0.25, -0.2) is 27.6 Å². The maximum atomic E-state index is 13.8. The SMILES string of the molecule is O=C(O)C#Cc1cccc(F)c1.O=c1cc(-c2cccc(F)c2)n(-c2ncccc2F)[nH]1. The number of aromatic nitrogens is 3. The van der Waals surface area contributed by atoms with Crippen LogP contribution in [-0.2, 0) is 4.79 Å². The van der Waals surface area contributed by atoms with Crippen molar-refractivity contribution in [2.24, 2.45) is 0 Å². The van der Waals surface area contributed by atoms with E-state index in [4.69, 9.17) is 5.11 Å². The summed E-state index contributed by atoms with van der Waals surface area (Å²) in [5.74, 6) is 1.46. The smallest absolute Gasteiger partial charge is 0.382 e. The molecule has 0 spiro atoms. The fraction of sp³-hybridized carbons (Fsp3) is 0. The van der Waals surface area contributed by atoms with Gasteiger partial charge >= 0.3 is 5.97 Å². The van der Waals surface area contributed by atoms with Gasteiger partial charge in [-0.15, -0.1) is 0 Å². The van der Waals surface area contributed by atoms with E-state index in [1.54, 1.807) is 12.1 Å². The van der Waals surface area contributed by atoms with E-state index in [0.717, 1.165) is 0 Å². The second-order valence-electron chi connectivity index (χ2n) is 6.23. The fourth-order valence-corrected chi connectivity index (χ4v) is 2.65. The summed E-state index contributed by atoms with van der Waals surface area (Å²) in [6.07, 6.45) is 1.41. The van der Waals surface area contributed by atoms with E-state index in [1.807, 2.05) is 5.92 Å². The number of carboxylic acid groups (broad SMARTS) is 1. The average molecular weight is 437 g/mol. The number of hydrogen-bond donors (Lipinski definition) is 2. The van der Waals surface area contributed by atoms with Gasteiger partial charge < -0.3 is 5.11 Å². The van der Waals surface area contributed by atoms with Gasteiger partial charge in [-0.1, -0.05) is 24.1 Å². The van der Waals surface area contributed by atoms with Gasteiger partial charge in [0.05, 0.1) is 5.69 Å². The largest absolute Gasteiger partial charge is 0.472 e. The first kappa shape index (κ1) is 22.1. The number of pyridine rings is 1. The highest BCUT2D eigenvalue weighted by atomic mass is 19.1. The Kier molecular flexibility index (Phi) is 6.88. The number of aliphatic carboxylic acids is 1. The molecule has 0 bridgehead atoms. The Hall–Kier alpha value is -4.58. The van der Waals surface area contributed by atoms with Crippen LogP contribution in [0.5, 0.6) is 0 Å². The van der Waals surface area contributed by atoms with Crippen LogP contribution >= 0.6 is 0 Å². The van der Waals surface area contributed by atoms with Crippen LogP contribution < -0.4 is 5.56 Å². The average Bonchev–Trinajstić information content (AvgIpc) is 3.15. The first-order chi connectivity index (χ1) is 15.3. The normalized spacial score (nSPS) is 9.84. The zero-order valence-corrected chi connectivity index (χ0v) is 16.2. The summed E-state index contributed by atoms with van der Waals surface area (Å²) in [5, 5.41) is 10.6. The molecule has 4 rings (SSSR count). The highest BCUT2D eigenvalue weighted by Gasteiger charge is 2.13. The molecule has 0 saturated carbocycles. The Morgan fingerprint density at radius 1 is 0.969 bits per heavy atom. The number of carboxylic acids is 1. The van der Waals surface area contributed by atoms with Crippen molar-refractivity contribution in [3.05, 3.63) is 106 Å². The van der Waals surface area contributed by atoms with Crippen molar-refractivity contribution in [1.29, 1.82) is 0 Å². The molecule has 6 nitrogen and oxygen atoms in total. The number of benzene rings is 2. The number of rotatable bonds is 2. The van der Waals surface area contributed by atoms with Gasteiger partial charge in [0.2, 0.25) is 0 Å². The van der Waals surface area contributed by atoms with E-state index in [1.165, 1.54) is 65.5 Å². The third-order valence-electron chi connectivity index (χ3n) is 3.94. The Balaban J connectivity index is 0.000000207. The lowest BCUT2D eigenvalue weighted by Crippen LogP contribution is -2.08. The minimum Gasteiger partial charge on any atom is -0.472 e. The zero-order valence-electron chi connectivity index (χ0n) is 16.2. The number of halogens is 3. The summed E-state index contributed by atoms with van der Waals surface area (Å²) < 4.78 is 40.7. The van der Waals surface area contributed by atoms with E-state index in [9.17, 15) is 22.8 Å². The predicted octanol–water partition coefficient (Wildman–Crippen LogP) is 3.77. The topological polar surface area (TPSA) is 88.0 Å². The van der Waals surface area contributed by atoms with Crippen molar-refractivity contribution in [1.82, 2.24) is 14.8 Å². The molecule has 4 aromatic rings. The van der Waals surface area contributed by atoms with E-state index in [0.29, 0.717) is 16.8 Å². The molecule has 9 heteroatoms. The molecule has 0 fully saturated rings. The molecule has 0 aliphatic carbocycles. The summed E-state index contributed by atoms with van der Waals surface area (Å²) in [4.78, 5) is 25.4. The molecule has 160 valence electrons. The Morgan fingerprint density at radius 2 is 1.69 bits per heavy atom. The summed E-state index contributed by atoms with van der Waals surface area (Å²) in [6, 6.07) is 15.1. The van der Waals surface area contributed by atoms with Gasteiger partial charge in [0.15, 0.2) is 11.6 Å². The molecule has 2 aromatic carbocycles. The molecule has 0 radical (unpaired) electrons. The lowest BCUT2D eigenvalue weighted by molar-refractivity contribution is -0.130. The molecule has 2 N–H and O–H groups in total. The van der Waals surface area contributed by atoms with Crippen LogP contribution in [0, 0.1) is 29.3 Å². The highest BCUT2D eigenvalue weighted by molar-refractivity contribution is 5.87. The lowest BCUT2D eigenvalue weighted by atomic mass is 10.1. The zero-order chi connectivity index (χ0) is 23.1. The molecular formula is C23H14F3N3O3. The quantitative estimate of drug-likeness (QED) is 0.468. The molecule has 0 aliphatic rings. The number of nitrogens with one attached hydrogen (secondary N) is 1. The number of nitrogens with zero attached hydrogens (tertiary/aromatic N) is 2. The van der Waals surface area contributed by atoms with Crippen LogP contribution in [0.1, 0.15) is 5.56 Å². The van der Waals surface area contributed by atoms with Crippen molar-refractivity contribution in [2.75, 3.05) is 0 Å². The first-order valence-corrected chi connectivity index (χ1v) is 9.03. The van der Waals surface area contributed by atoms with Crippen LogP contribution in [0.15, 0.2) is 77.7 Å². The van der Waals surface area contributed by atoms with Crippen LogP contribution in [0.4, 0.5) is 13.2 Å². The third-order valence-corrected chi connectivity index (χ3v) is 3.94. The van der Waals surface area contributed by atoms with Gasteiger partial charge in [-0.3, -0.25) is 9.89 Å². The molecule has 0 amide bonds.